The standard InChI is InChI=1S/C26H20FN5O2S4/c1-15-4-2-3-5-19(15)23(34)28-18-10-11-20-21(12-18)37-25(29-20)36-14-22(33)30-24-31-32-26(38-24)35-13-16-6-8-17(27)9-7-16/h2-12H,13-14H2,1H3,(H,28,34)(H,30,31,33). The van der Waals surface area contributed by atoms with E-state index in [1.54, 1.807) is 18.2 Å². The predicted octanol–water partition coefficient (Wildman–Crippen LogP) is 6.87. The van der Waals surface area contributed by atoms with Crippen LogP contribution in [-0.4, -0.2) is 32.7 Å². The first kappa shape index (κ1) is 26.3. The number of thioether (sulfide) groups is 2. The summed E-state index contributed by atoms with van der Waals surface area (Å²) in [6.45, 7) is 1.90. The highest BCUT2D eigenvalue weighted by Crippen LogP contribution is 2.32. The van der Waals surface area contributed by atoms with Gasteiger partial charge in [0.15, 0.2) is 8.68 Å². The third kappa shape index (κ3) is 6.76. The van der Waals surface area contributed by atoms with Crippen LogP contribution in [0, 0.1) is 12.7 Å². The maximum atomic E-state index is 13.0. The minimum Gasteiger partial charge on any atom is -0.322 e. The van der Waals surface area contributed by atoms with Crippen LogP contribution in [0.3, 0.4) is 0 Å². The van der Waals surface area contributed by atoms with Gasteiger partial charge in [-0.25, -0.2) is 9.37 Å². The van der Waals surface area contributed by atoms with E-state index >= 15 is 0 Å². The van der Waals surface area contributed by atoms with Crippen molar-refractivity contribution in [2.75, 3.05) is 16.4 Å². The second-order valence-electron chi connectivity index (χ2n) is 8.06. The van der Waals surface area contributed by atoms with Crippen LogP contribution in [-0.2, 0) is 10.5 Å². The summed E-state index contributed by atoms with van der Waals surface area (Å²) < 4.78 is 15.4. The lowest BCUT2D eigenvalue weighted by atomic mass is 10.1. The van der Waals surface area contributed by atoms with E-state index in [4.69, 9.17) is 0 Å². The molecule has 192 valence electrons. The molecule has 2 N–H and O–H groups in total. The number of nitrogens with one attached hydrogen (secondary N) is 2. The number of amides is 2. The van der Waals surface area contributed by atoms with Gasteiger partial charge in [0.2, 0.25) is 11.0 Å². The zero-order valence-corrected chi connectivity index (χ0v) is 23.2. The first-order valence-electron chi connectivity index (χ1n) is 11.3. The molecule has 0 aliphatic rings. The Bertz CT molecular complexity index is 1600. The SMILES string of the molecule is Cc1ccccc1C(=O)Nc1ccc2nc(SCC(=O)Nc3nnc(SCc4ccc(F)cc4)s3)sc2c1. The van der Waals surface area contributed by atoms with Crippen molar-refractivity contribution in [1.82, 2.24) is 15.2 Å². The highest BCUT2D eigenvalue weighted by Gasteiger charge is 2.13. The number of hydrogen-bond donors (Lipinski definition) is 2. The highest BCUT2D eigenvalue weighted by molar-refractivity contribution is 8.01. The molecular formula is C26H20FN5O2S4. The Labute approximate surface area is 234 Å². The fourth-order valence-electron chi connectivity index (χ4n) is 3.40. The molecular weight excluding hydrogens is 562 g/mol. The minimum atomic E-state index is -0.268. The number of anilines is 2. The van der Waals surface area contributed by atoms with E-state index in [1.165, 1.54) is 58.3 Å². The van der Waals surface area contributed by atoms with Gasteiger partial charge in [-0.15, -0.1) is 21.5 Å². The van der Waals surface area contributed by atoms with E-state index in [9.17, 15) is 14.0 Å². The normalized spacial score (nSPS) is 11.0. The molecule has 38 heavy (non-hydrogen) atoms. The maximum Gasteiger partial charge on any atom is 0.255 e. The van der Waals surface area contributed by atoms with Gasteiger partial charge in [-0.1, -0.05) is 65.2 Å². The third-order valence-electron chi connectivity index (χ3n) is 5.27. The molecule has 2 amide bonds. The largest absolute Gasteiger partial charge is 0.322 e. The average molecular weight is 582 g/mol. The summed E-state index contributed by atoms with van der Waals surface area (Å²) in [5, 5.41) is 14.3. The van der Waals surface area contributed by atoms with E-state index in [-0.39, 0.29) is 23.4 Å². The maximum absolute atomic E-state index is 13.0. The van der Waals surface area contributed by atoms with Gasteiger partial charge in [0.1, 0.15) is 5.82 Å². The van der Waals surface area contributed by atoms with Crippen LogP contribution in [0.25, 0.3) is 10.2 Å². The molecule has 5 rings (SSSR count). The molecule has 0 aliphatic heterocycles. The number of halogens is 1. The van der Waals surface area contributed by atoms with Crippen molar-refractivity contribution in [1.29, 1.82) is 0 Å². The minimum absolute atomic E-state index is 0.160. The first-order valence-corrected chi connectivity index (χ1v) is 14.9. The Morgan fingerprint density at radius 3 is 2.55 bits per heavy atom. The number of aromatic nitrogens is 3. The topological polar surface area (TPSA) is 96.9 Å². The molecule has 2 heterocycles. The summed E-state index contributed by atoms with van der Waals surface area (Å²) in [5.41, 5.74) is 4.01. The summed E-state index contributed by atoms with van der Waals surface area (Å²) >= 11 is 5.57. The van der Waals surface area contributed by atoms with Crippen LogP contribution in [0.1, 0.15) is 21.5 Å². The van der Waals surface area contributed by atoms with Crippen LogP contribution in [0.15, 0.2) is 75.4 Å². The van der Waals surface area contributed by atoms with E-state index in [0.29, 0.717) is 26.5 Å². The first-order chi connectivity index (χ1) is 18.4. The third-order valence-corrected chi connectivity index (χ3v) is 9.48. The Morgan fingerprint density at radius 1 is 0.921 bits per heavy atom. The fourth-order valence-corrected chi connectivity index (χ4v) is 7.03. The van der Waals surface area contributed by atoms with Gasteiger partial charge in [0, 0.05) is 17.0 Å². The molecule has 0 bridgehead atoms. The molecule has 0 radical (unpaired) electrons. The zero-order chi connectivity index (χ0) is 26.5. The van der Waals surface area contributed by atoms with Gasteiger partial charge >= 0.3 is 0 Å². The van der Waals surface area contributed by atoms with Crippen LogP contribution in [0.5, 0.6) is 0 Å². The molecule has 0 saturated heterocycles. The summed E-state index contributed by atoms with van der Waals surface area (Å²) in [6.07, 6.45) is 0. The molecule has 12 heteroatoms. The monoisotopic (exact) mass is 581 g/mol. The quantitative estimate of drug-likeness (QED) is 0.145. The van der Waals surface area contributed by atoms with Crippen molar-refractivity contribution in [2.24, 2.45) is 0 Å². The molecule has 0 saturated carbocycles. The van der Waals surface area contributed by atoms with Gasteiger partial charge in [0.05, 0.1) is 16.0 Å². The second-order valence-corrected chi connectivity index (χ2v) is 12.5. The highest BCUT2D eigenvalue weighted by atomic mass is 32.2. The Hall–Kier alpha value is -3.32. The van der Waals surface area contributed by atoms with Gasteiger partial charge in [0.25, 0.3) is 5.91 Å². The summed E-state index contributed by atoms with van der Waals surface area (Å²) in [7, 11) is 0. The van der Waals surface area contributed by atoms with E-state index < -0.39 is 0 Å². The van der Waals surface area contributed by atoms with Gasteiger partial charge in [-0.3, -0.25) is 14.9 Å². The molecule has 0 aliphatic carbocycles. The van der Waals surface area contributed by atoms with Crippen LogP contribution < -0.4 is 10.6 Å². The number of carbonyl (C=O) groups excluding carboxylic acids is 2. The molecule has 5 aromatic rings. The molecule has 3 aromatic carbocycles. The average Bonchev–Trinajstić information content (AvgIpc) is 3.53. The van der Waals surface area contributed by atoms with Gasteiger partial charge < -0.3 is 5.32 Å². The number of aryl methyl sites for hydroxylation is 1. The Balaban J connectivity index is 1.13. The van der Waals surface area contributed by atoms with Crippen LogP contribution >= 0.6 is 46.2 Å². The zero-order valence-electron chi connectivity index (χ0n) is 19.9. The number of fused-ring (bicyclic) bond motifs is 1. The predicted molar refractivity (Wildman–Crippen MR) is 154 cm³/mol. The number of thiazole rings is 1. The van der Waals surface area contributed by atoms with Crippen molar-refractivity contribution in [3.05, 3.63) is 89.2 Å². The van der Waals surface area contributed by atoms with Crippen molar-refractivity contribution in [3.8, 4) is 0 Å². The van der Waals surface area contributed by atoms with E-state index in [0.717, 1.165) is 25.7 Å². The summed E-state index contributed by atoms with van der Waals surface area (Å²) in [4.78, 5) is 29.7. The van der Waals surface area contributed by atoms with Crippen molar-refractivity contribution < 1.29 is 14.0 Å². The Kier molecular flexibility index (Phi) is 8.32. The summed E-state index contributed by atoms with van der Waals surface area (Å²) in [6, 6.07) is 19.3. The lowest BCUT2D eigenvalue weighted by molar-refractivity contribution is -0.113. The van der Waals surface area contributed by atoms with Crippen LogP contribution in [0.4, 0.5) is 15.2 Å². The Morgan fingerprint density at radius 2 is 1.74 bits per heavy atom. The molecule has 0 spiro atoms. The lowest BCUT2D eigenvalue weighted by Crippen LogP contribution is -2.13. The van der Waals surface area contributed by atoms with Crippen molar-refractivity contribution in [2.45, 2.75) is 21.4 Å². The number of nitrogens with zero attached hydrogens (tertiary/aromatic N) is 3. The molecule has 7 nitrogen and oxygen atoms in total. The summed E-state index contributed by atoms with van der Waals surface area (Å²) in [5.74, 6) is 0.177. The number of rotatable bonds is 9. The molecule has 2 aromatic heterocycles. The van der Waals surface area contributed by atoms with Gasteiger partial charge in [-0.05, 0) is 54.4 Å². The second kappa shape index (κ2) is 12.0. The number of benzene rings is 3. The van der Waals surface area contributed by atoms with E-state index in [2.05, 4.69) is 25.8 Å². The lowest BCUT2D eigenvalue weighted by Gasteiger charge is -2.07. The van der Waals surface area contributed by atoms with Crippen LogP contribution in [0.2, 0.25) is 0 Å². The molecule has 0 fully saturated rings. The smallest absolute Gasteiger partial charge is 0.255 e. The number of carbonyl (C=O) groups is 2. The number of hydrogen-bond acceptors (Lipinski definition) is 9. The van der Waals surface area contributed by atoms with E-state index in [1.807, 2.05) is 43.3 Å². The van der Waals surface area contributed by atoms with Gasteiger partial charge in [-0.2, -0.15) is 0 Å². The fraction of sp³-hybridized carbons (Fsp3) is 0.115. The molecule has 0 atom stereocenters. The van der Waals surface area contributed by atoms with Crippen molar-refractivity contribution in [3.63, 3.8) is 0 Å². The van der Waals surface area contributed by atoms with Crippen molar-refractivity contribution >= 4 is 79.0 Å². The molecule has 0 unspecified atom stereocenters.